The summed E-state index contributed by atoms with van der Waals surface area (Å²) in [5.74, 6) is -4.84. The minimum absolute atomic E-state index is 0.00260. The molecule has 1 saturated carbocycles. The molecule has 2 atom stereocenters. The van der Waals surface area contributed by atoms with Crippen LogP contribution in [0.1, 0.15) is 33.0 Å². The highest BCUT2D eigenvalue weighted by atomic mass is 35.5. The van der Waals surface area contributed by atoms with Gasteiger partial charge in [0.15, 0.2) is 5.78 Å². The highest BCUT2D eigenvalue weighted by Crippen LogP contribution is 2.65. The Morgan fingerprint density at radius 2 is 1.67 bits per heavy atom. The molecule has 3 aromatic carbocycles. The lowest BCUT2D eigenvalue weighted by atomic mass is 10.0. The average Bonchev–Trinajstić information content (AvgIpc) is 3.38. The fourth-order valence-electron chi connectivity index (χ4n) is 3.98. The Balaban J connectivity index is 1.51. The van der Waals surface area contributed by atoms with Gasteiger partial charge >= 0.3 is 0 Å². The van der Waals surface area contributed by atoms with E-state index in [1.807, 2.05) is 0 Å². The first-order valence-electron chi connectivity index (χ1n) is 10.5. The third kappa shape index (κ3) is 5.28. The Bertz CT molecular complexity index is 1410. The van der Waals surface area contributed by atoms with Crippen molar-refractivity contribution >= 4 is 69.6 Å². The summed E-state index contributed by atoms with van der Waals surface area (Å²) in [7, 11) is 0. The van der Waals surface area contributed by atoms with Gasteiger partial charge in [0.2, 0.25) is 5.91 Å². The average molecular weight is 573 g/mol. The number of amides is 1. The number of ketones is 1. The van der Waals surface area contributed by atoms with Gasteiger partial charge in [0, 0.05) is 35.2 Å². The molecule has 1 aliphatic carbocycles. The van der Waals surface area contributed by atoms with Crippen LogP contribution in [0.15, 0.2) is 61.2 Å². The summed E-state index contributed by atoms with van der Waals surface area (Å²) in [6.45, 7) is 3.22. The summed E-state index contributed by atoms with van der Waals surface area (Å²) in [5.41, 5.74) is 0.952. The van der Waals surface area contributed by atoms with Crippen LogP contribution in [0.25, 0.3) is 5.83 Å². The normalized spacial score (nSPS) is 18.0. The maximum Gasteiger partial charge on any atom is 0.231 e. The fourth-order valence-corrected chi connectivity index (χ4v) is 5.33. The number of Topliss-reactive ketones (excluding diaryl/α,β-unsaturated/α-hetero) is 1. The lowest BCUT2D eigenvalue weighted by molar-refractivity contribution is -0.117. The number of carbonyl (C=O) groups is 2. The van der Waals surface area contributed by atoms with Crippen molar-refractivity contribution in [1.29, 1.82) is 0 Å². The highest BCUT2D eigenvalue weighted by molar-refractivity contribution is 6.53. The van der Waals surface area contributed by atoms with Crippen molar-refractivity contribution in [2.75, 3.05) is 5.32 Å². The van der Waals surface area contributed by atoms with Gasteiger partial charge in [-0.2, -0.15) is 0 Å². The van der Waals surface area contributed by atoms with Crippen LogP contribution in [-0.4, -0.2) is 16.0 Å². The first-order chi connectivity index (χ1) is 16.9. The molecule has 0 saturated heterocycles. The molecule has 1 fully saturated rings. The van der Waals surface area contributed by atoms with Crippen molar-refractivity contribution < 1.29 is 22.8 Å². The monoisotopic (exact) mass is 571 g/mol. The van der Waals surface area contributed by atoms with Crippen LogP contribution in [0.2, 0.25) is 10.0 Å². The zero-order chi connectivity index (χ0) is 26.4. The van der Waals surface area contributed by atoms with Gasteiger partial charge in [-0.25, -0.2) is 13.2 Å². The summed E-state index contributed by atoms with van der Waals surface area (Å²) in [6.07, 6.45) is -0.359. The van der Waals surface area contributed by atoms with Gasteiger partial charge in [-0.05, 0) is 41.5 Å². The van der Waals surface area contributed by atoms with Crippen LogP contribution in [0, 0.1) is 17.6 Å². The standard InChI is InChI=1S/C26H16Cl4F3NO2/c1-12(31)17-6-3-14(8-20(17)28)23-24(26(23,29)30)25(36)34-16-5-7-19(27)18(11-16)22(35)9-13-2-4-15(32)10-21(13)33/h2-8,10-11,23-24H,1,9H2,(H,34,36). The lowest BCUT2D eigenvalue weighted by Gasteiger charge is -2.10. The van der Waals surface area contributed by atoms with E-state index in [1.54, 1.807) is 6.07 Å². The molecule has 0 bridgehead atoms. The fraction of sp³-hybridized carbons (Fsp3) is 0.154. The second-order valence-corrected chi connectivity index (χ2v) is 10.6. The number of nitrogens with one attached hydrogen (secondary N) is 1. The van der Waals surface area contributed by atoms with E-state index in [-0.39, 0.29) is 38.8 Å². The van der Waals surface area contributed by atoms with Crippen molar-refractivity contribution in [3.63, 3.8) is 0 Å². The molecule has 3 aromatic rings. The van der Waals surface area contributed by atoms with Crippen molar-refractivity contribution in [1.82, 2.24) is 0 Å². The van der Waals surface area contributed by atoms with Crippen molar-refractivity contribution in [3.05, 3.63) is 105 Å². The summed E-state index contributed by atoms with van der Waals surface area (Å²) in [6, 6.07) is 11.6. The van der Waals surface area contributed by atoms with Gasteiger partial charge in [0.1, 0.15) is 21.8 Å². The number of benzene rings is 3. The highest BCUT2D eigenvalue weighted by Gasteiger charge is 2.67. The smallest absolute Gasteiger partial charge is 0.231 e. The van der Waals surface area contributed by atoms with E-state index in [1.165, 1.54) is 36.4 Å². The zero-order valence-electron chi connectivity index (χ0n) is 18.2. The van der Waals surface area contributed by atoms with Crippen LogP contribution in [0.4, 0.5) is 18.9 Å². The van der Waals surface area contributed by atoms with Crippen molar-refractivity contribution in [2.45, 2.75) is 16.7 Å². The third-order valence-corrected chi connectivity index (χ3v) is 7.46. The Labute approximate surface area is 224 Å². The first kappa shape index (κ1) is 26.6. The molecular formula is C26H16Cl4F3NO2. The molecule has 4 rings (SSSR count). The van der Waals surface area contributed by atoms with Crippen LogP contribution in [0.3, 0.4) is 0 Å². The summed E-state index contributed by atoms with van der Waals surface area (Å²) >= 11 is 25.0. The van der Waals surface area contributed by atoms with Crippen LogP contribution in [-0.2, 0) is 11.2 Å². The molecule has 3 nitrogen and oxygen atoms in total. The molecule has 10 heteroatoms. The number of halogens is 7. The molecule has 0 radical (unpaired) electrons. The van der Waals surface area contributed by atoms with Crippen molar-refractivity contribution in [2.24, 2.45) is 5.92 Å². The Hall–Kier alpha value is -2.51. The van der Waals surface area contributed by atoms with E-state index < -0.39 is 45.3 Å². The SMILES string of the molecule is C=C(F)c1ccc(C2C(C(=O)Nc3ccc(Cl)c(C(=O)Cc4ccc(F)cc4F)c3)C2(Cl)Cl)cc1Cl. The van der Waals surface area contributed by atoms with Crippen molar-refractivity contribution in [3.8, 4) is 0 Å². The predicted molar refractivity (Wildman–Crippen MR) is 137 cm³/mol. The van der Waals surface area contributed by atoms with E-state index in [4.69, 9.17) is 46.4 Å². The van der Waals surface area contributed by atoms with Gasteiger partial charge in [-0.1, -0.05) is 48.0 Å². The molecule has 0 aromatic heterocycles. The van der Waals surface area contributed by atoms with E-state index >= 15 is 0 Å². The molecule has 2 unspecified atom stereocenters. The first-order valence-corrected chi connectivity index (χ1v) is 12.0. The Morgan fingerprint density at radius 1 is 0.944 bits per heavy atom. The molecule has 186 valence electrons. The number of hydrogen-bond donors (Lipinski definition) is 1. The maximum absolute atomic E-state index is 14.0. The molecule has 0 heterocycles. The molecule has 0 spiro atoms. The van der Waals surface area contributed by atoms with E-state index in [2.05, 4.69) is 11.9 Å². The van der Waals surface area contributed by atoms with E-state index in [0.717, 1.165) is 6.07 Å². The maximum atomic E-state index is 14.0. The second-order valence-electron chi connectivity index (χ2n) is 8.29. The quantitative estimate of drug-likeness (QED) is 0.229. The molecular weight excluding hydrogens is 557 g/mol. The van der Waals surface area contributed by atoms with Gasteiger partial charge in [0.05, 0.1) is 16.0 Å². The number of hydrogen-bond acceptors (Lipinski definition) is 2. The molecule has 1 amide bonds. The Morgan fingerprint density at radius 3 is 2.31 bits per heavy atom. The predicted octanol–water partition coefficient (Wildman–Crippen LogP) is 8.16. The van der Waals surface area contributed by atoms with Crippen LogP contribution < -0.4 is 5.32 Å². The van der Waals surface area contributed by atoms with E-state index in [9.17, 15) is 22.8 Å². The number of carbonyl (C=O) groups excluding carboxylic acids is 2. The largest absolute Gasteiger partial charge is 0.326 e. The minimum Gasteiger partial charge on any atom is -0.326 e. The van der Waals surface area contributed by atoms with Crippen LogP contribution >= 0.6 is 46.4 Å². The number of anilines is 1. The van der Waals surface area contributed by atoms with Gasteiger partial charge in [-0.15, -0.1) is 23.2 Å². The Kier molecular flexibility index (Phi) is 7.45. The molecule has 1 N–H and O–H groups in total. The number of alkyl halides is 2. The van der Waals surface area contributed by atoms with Gasteiger partial charge < -0.3 is 5.32 Å². The van der Waals surface area contributed by atoms with E-state index in [0.29, 0.717) is 11.6 Å². The molecule has 0 aliphatic heterocycles. The third-order valence-electron chi connectivity index (χ3n) is 5.88. The lowest BCUT2D eigenvalue weighted by Crippen LogP contribution is -2.17. The summed E-state index contributed by atoms with van der Waals surface area (Å²) in [5, 5.41) is 2.86. The topological polar surface area (TPSA) is 46.2 Å². The molecule has 36 heavy (non-hydrogen) atoms. The van der Waals surface area contributed by atoms with Gasteiger partial charge in [-0.3, -0.25) is 9.59 Å². The van der Waals surface area contributed by atoms with Crippen LogP contribution in [0.5, 0.6) is 0 Å². The zero-order valence-corrected chi connectivity index (χ0v) is 21.3. The number of rotatable bonds is 7. The van der Waals surface area contributed by atoms with Gasteiger partial charge in [0.25, 0.3) is 0 Å². The molecule has 1 aliphatic rings. The summed E-state index contributed by atoms with van der Waals surface area (Å²) < 4.78 is 39.1. The minimum atomic E-state index is -1.44. The summed E-state index contributed by atoms with van der Waals surface area (Å²) in [4.78, 5) is 25.7. The second kappa shape index (κ2) is 10.1.